The SMILES string of the molecule is COc1ccc(O)c(C=CCC#N)c1. The molecule has 0 amide bonds. The number of nitriles is 1. The molecule has 0 aliphatic carbocycles. The number of nitrogens with zero attached hydrogens (tertiary/aromatic N) is 1. The number of hydrogen-bond donors (Lipinski definition) is 1. The average molecular weight is 189 g/mol. The van der Waals surface area contributed by atoms with Gasteiger partial charge < -0.3 is 9.84 Å². The number of hydrogen-bond acceptors (Lipinski definition) is 3. The number of aromatic hydroxyl groups is 1. The first-order valence-corrected chi connectivity index (χ1v) is 4.18. The van der Waals surface area contributed by atoms with E-state index in [1.54, 1.807) is 37.5 Å². The highest BCUT2D eigenvalue weighted by Crippen LogP contribution is 2.23. The molecule has 0 aliphatic heterocycles. The van der Waals surface area contributed by atoms with Gasteiger partial charge in [-0.05, 0) is 18.2 Å². The summed E-state index contributed by atoms with van der Waals surface area (Å²) in [6.45, 7) is 0. The molecule has 0 unspecified atom stereocenters. The summed E-state index contributed by atoms with van der Waals surface area (Å²) in [5.74, 6) is 0.861. The summed E-state index contributed by atoms with van der Waals surface area (Å²) < 4.78 is 5.01. The van der Waals surface area contributed by atoms with Crippen LogP contribution in [0.15, 0.2) is 24.3 Å². The fourth-order valence-corrected chi connectivity index (χ4v) is 1.03. The maximum atomic E-state index is 9.44. The van der Waals surface area contributed by atoms with Crippen molar-refractivity contribution in [3.63, 3.8) is 0 Å². The Morgan fingerprint density at radius 3 is 3.00 bits per heavy atom. The molecule has 0 atom stereocenters. The third-order valence-corrected chi connectivity index (χ3v) is 1.74. The number of benzene rings is 1. The van der Waals surface area contributed by atoms with Gasteiger partial charge in [0.05, 0.1) is 19.6 Å². The molecule has 0 bridgehead atoms. The van der Waals surface area contributed by atoms with Gasteiger partial charge >= 0.3 is 0 Å². The lowest BCUT2D eigenvalue weighted by atomic mass is 10.1. The molecule has 0 saturated heterocycles. The van der Waals surface area contributed by atoms with E-state index in [1.807, 2.05) is 6.07 Å². The topological polar surface area (TPSA) is 53.2 Å². The van der Waals surface area contributed by atoms with Crippen molar-refractivity contribution in [2.75, 3.05) is 7.11 Å². The summed E-state index contributed by atoms with van der Waals surface area (Å²) in [5, 5.41) is 17.8. The Morgan fingerprint density at radius 1 is 1.57 bits per heavy atom. The number of phenolic OH excluding ortho intramolecular Hbond substituents is 1. The van der Waals surface area contributed by atoms with Crippen LogP contribution in [0, 0.1) is 11.3 Å². The van der Waals surface area contributed by atoms with Gasteiger partial charge in [0.2, 0.25) is 0 Å². The molecule has 3 heteroatoms. The summed E-state index contributed by atoms with van der Waals surface area (Å²) in [5.41, 5.74) is 0.652. The summed E-state index contributed by atoms with van der Waals surface area (Å²) >= 11 is 0. The minimum Gasteiger partial charge on any atom is -0.507 e. The maximum Gasteiger partial charge on any atom is 0.123 e. The molecular weight excluding hydrogens is 178 g/mol. The van der Waals surface area contributed by atoms with Crippen molar-refractivity contribution < 1.29 is 9.84 Å². The van der Waals surface area contributed by atoms with Crippen LogP contribution in [0.5, 0.6) is 11.5 Å². The van der Waals surface area contributed by atoms with E-state index < -0.39 is 0 Å². The van der Waals surface area contributed by atoms with Crippen LogP contribution in [0.3, 0.4) is 0 Å². The molecule has 0 fully saturated rings. The summed E-state index contributed by atoms with van der Waals surface area (Å²) in [7, 11) is 1.56. The van der Waals surface area contributed by atoms with Crippen LogP contribution in [0.4, 0.5) is 0 Å². The molecule has 0 spiro atoms. The van der Waals surface area contributed by atoms with Crippen LogP contribution in [0.1, 0.15) is 12.0 Å². The molecule has 3 nitrogen and oxygen atoms in total. The fourth-order valence-electron chi connectivity index (χ4n) is 1.03. The Bertz CT molecular complexity index is 377. The minimum atomic E-state index is 0.181. The smallest absolute Gasteiger partial charge is 0.123 e. The number of phenols is 1. The molecule has 1 N–H and O–H groups in total. The molecule has 1 aromatic carbocycles. The van der Waals surface area contributed by atoms with Crippen molar-refractivity contribution in [2.45, 2.75) is 6.42 Å². The number of allylic oxidation sites excluding steroid dienone is 1. The van der Waals surface area contributed by atoms with Crippen molar-refractivity contribution >= 4 is 6.08 Å². The molecule has 0 saturated carbocycles. The minimum absolute atomic E-state index is 0.181. The zero-order valence-electron chi connectivity index (χ0n) is 7.90. The predicted molar refractivity (Wildman–Crippen MR) is 53.9 cm³/mol. The van der Waals surface area contributed by atoms with E-state index >= 15 is 0 Å². The first-order chi connectivity index (χ1) is 6.77. The third kappa shape index (κ3) is 2.53. The highest BCUT2D eigenvalue weighted by molar-refractivity contribution is 5.59. The molecular formula is C11H11NO2. The first-order valence-electron chi connectivity index (χ1n) is 4.18. The van der Waals surface area contributed by atoms with Crippen LogP contribution in [0.25, 0.3) is 6.08 Å². The van der Waals surface area contributed by atoms with Gasteiger partial charge in [-0.15, -0.1) is 0 Å². The highest BCUT2D eigenvalue weighted by Gasteiger charge is 1.98. The molecule has 0 radical (unpaired) electrons. The van der Waals surface area contributed by atoms with Crippen LogP contribution in [-0.2, 0) is 0 Å². The highest BCUT2D eigenvalue weighted by atomic mass is 16.5. The standard InChI is InChI=1S/C11H11NO2/c1-14-10-5-6-11(13)9(8-10)4-2-3-7-12/h2,4-6,8,13H,3H2,1H3. The van der Waals surface area contributed by atoms with Crippen LogP contribution in [-0.4, -0.2) is 12.2 Å². The normalized spacial score (nSPS) is 10.0. The van der Waals surface area contributed by atoms with Gasteiger partial charge in [-0.2, -0.15) is 5.26 Å². The molecule has 14 heavy (non-hydrogen) atoms. The zero-order chi connectivity index (χ0) is 10.4. The van der Waals surface area contributed by atoms with E-state index in [1.165, 1.54) is 0 Å². The lowest BCUT2D eigenvalue weighted by Crippen LogP contribution is -1.83. The van der Waals surface area contributed by atoms with E-state index in [-0.39, 0.29) is 5.75 Å². The quantitative estimate of drug-likeness (QED) is 0.793. The van der Waals surface area contributed by atoms with Gasteiger partial charge in [0, 0.05) is 5.56 Å². The Balaban J connectivity index is 2.90. The lowest BCUT2D eigenvalue weighted by molar-refractivity contribution is 0.412. The molecule has 72 valence electrons. The third-order valence-electron chi connectivity index (χ3n) is 1.74. The predicted octanol–water partition coefficient (Wildman–Crippen LogP) is 2.33. The van der Waals surface area contributed by atoms with E-state index in [9.17, 15) is 5.11 Å². The average Bonchev–Trinajstić information content (AvgIpc) is 2.21. The van der Waals surface area contributed by atoms with Crippen LogP contribution in [0.2, 0.25) is 0 Å². The van der Waals surface area contributed by atoms with Gasteiger partial charge in [-0.3, -0.25) is 0 Å². The van der Waals surface area contributed by atoms with E-state index in [2.05, 4.69) is 0 Å². The first kappa shape index (κ1) is 10.1. The second-order valence-corrected chi connectivity index (χ2v) is 2.69. The molecule has 0 aromatic heterocycles. The lowest BCUT2D eigenvalue weighted by Gasteiger charge is -2.02. The number of ether oxygens (including phenoxy) is 1. The molecule has 0 aliphatic rings. The summed E-state index contributed by atoms with van der Waals surface area (Å²) in [6, 6.07) is 6.94. The molecule has 0 heterocycles. The van der Waals surface area contributed by atoms with E-state index in [4.69, 9.17) is 10.00 Å². The van der Waals surface area contributed by atoms with Gasteiger partial charge in [0.25, 0.3) is 0 Å². The van der Waals surface area contributed by atoms with Crippen molar-refractivity contribution in [2.24, 2.45) is 0 Å². The fraction of sp³-hybridized carbons (Fsp3) is 0.182. The molecule has 1 rings (SSSR count). The van der Waals surface area contributed by atoms with Crippen LogP contribution < -0.4 is 4.74 Å². The van der Waals surface area contributed by atoms with Crippen LogP contribution >= 0.6 is 0 Å². The number of methoxy groups -OCH3 is 1. The number of rotatable bonds is 3. The van der Waals surface area contributed by atoms with Crippen molar-refractivity contribution in [1.29, 1.82) is 5.26 Å². The molecule has 1 aromatic rings. The zero-order valence-corrected chi connectivity index (χ0v) is 7.90. The second kappa shape index (κ2) is 4.93. The van der Waals surface area contributed by atoms with E-state index in [0.717, 1.165) is 0 Å². The van der Waals surface area contributed by atoms with Gasteiger partial charge in [-0.1, -0.05) is 12.2 Å². The van der Waals surface area contributed by atoms with Gasteiger partial charge in [0.1, 0.15) is 11.5 Å². The second-order valence-electron chi connectivity index (χ2n) is 2.69. The Hall–Kier alpha value is -1.95. The maximum absolute atomic E-state index is 9.44. The van der Waals surface area contributed by atoms with Gasteiger partial charge in [0.15, 0.2) is 0 Å². The van der Waals surface area contributed by atoms with Gasteiger partial charge in [-0.25, -0.2) is 0 Å². The Morgan fingerprint density at radius 2 is 2.36 bits per heavy atom. The van der Waals surface area contributed by atoms with Crippen molar-refractivity contribution in [3.8, 4) is 17.6 Å². The monoisotopic (exact) mass is 189 g/mol. The van der Waals surface area contributed by atoms with Crippen molar-refractivity contribution in [3.05, 3.63) is 29.8 Å². The Labute approximate surface area is 82.9 Å². The summed E-state index contributed by atoms with van der Waals surface area (Å²) in [4.78, 5) is 0. The Kier molecular flexibility index (Phi) is 3.57. The van der Waals surface area contributed by atoms with E-state index in [0.29, 0.717) is 17.7 Å². The summed E-state index contributed by atoms with van der Waals surface area (Å²) in [6.07, 6.45) is 3.71. The largest absolute Gasteiger partial charge is 0.507 e. The van der Waals surface area contributed by atoms with Crippen molar-refractivity contribution in [1.82, 2.24) is 0 Å².